The van der Waals surface area contributed by atoms with Gasteiger partial charge in [0.05, 0.1) is 26.4 Å². The molecule has 0 bridgehead atoms. The molecule has 1 N–H and O–H groups in total. The number of β-amino-alcohol motifs (C(OH)–C–C–N with tert-alkyl or cyclic N) is 1. The minimum atomic E-state index is -0.494. The van der Waals surface area contributed by atoms with Gasteiger partial charge in [-0.25, -0.2) is 4.98 Å². The number of aliphatic hydroxyl groups excluding tert-OH is 1. The number of ether oxygens (including phenoxy) is 2. The fourth-order valence-electron chi connectivity index (χ4n) is 3.18. The van der Waals surface area contributed by atoms with Gasteiger partial charge >= 0.3 is 0 Å². The Morgan fingerprint density at radius 3 is 2.58 bits per heavy atom. The number of aromatic nitrogens is 1. The van der Waals surface area contributed by atoms with Gasteiger partial charge in [0, 0.05) is 44.5 Å². The number of hydrogen-bond donors (Lipinski definition) is 1. The summed E-state index contributed by atoms with van der Waals surface area (Å²) in [6, 6.07) is 13.8. The summed E-state index contributed by atoms with van der Waals surface area (Å²) in [7, 11) is 1.65. The predicted octanol–water partition coefficient (Wildman–Crippen LogP) is 1.79. The normalized spacial score (nSPS) is 16.5. The molecular weight excluding hydrogens is 330 g/mol. The standard InChI is InChI=1S/C20H27N3O3/c1-25-19-7-3-2-6-17(19)15-26-16-18(24)14-22-10-12-23(13-11-22)20-8-4-5-9-21-20/h2-9,18,24H,10-16H2,1H3. The average molecular weight is 357 g/mol. The van der Waals surface area contributed by atoms with Crippen molar-refractivity contribution in [1.82, 2.24) is 9.88 Å². The van der Waals surface area contributed by atoms with E-state index in [4.69, 9.17) is 9.47 Å². The van der Waals surface area contributed by atoms with Crippen molar-refractivity contribution >= 4 is 5.82 Å². The number of hydrogen-bond acceptors (Lipinski definition) is 6. The first kappa shape index (κ1) is 18.6. The zero-order chi connectivity index (χ0) is 18.2. The monoisotopic (exact) mass is 357 g/mol. The van der Waals surface area contributed by atoms with Gasteiger partial charge in [-0.2, -0.15) is 0 Å². The minimum absolute atomic E-state index is 0.318. The van der Waals surface area contributed by atoms with Crippen molar-refractivity contribution in [2.24, 2.45) is 0 Å². The lowest BCUT2D eigenvalue weighted by atomic mass is 10.2. The predicted molar refractivity (Wildman–Crippen MR) is 102 cm³/mol. The molecule has 1 aromatic carbocycles. The number of nitrogens with zero attached hydrogens (tertiary/aromatic N) is 3. The lowest BCUT2D eigenvalue weighted by molar-refractivity contribution is 0.00864. The first-order valence-corrected chi connectivity index (χ1v) is 9.02. The summed E-state index contributed by atoms with van der Waals surface area (Å²) in [5.74, 6) is 1.83. The molecule has 1 aromatic heterocycles. The Morgan fingerprint density at radius 1 is 1.08 bits per heavy atom. The van der Waals surface area contributed by atoms with Crippen LogP contribution in [0, 0.1) is 0 Å². The van der Waals surface area contributed by atoms with Crippen LogP contribution in [0.15, 0.2) is 48.7 Å². The highest BCUT2D eigenvalue weighted by Crippen LogP contribution is 2.18. The number of pyridine rings is 1. The zero-order valence-electron chi connectivity index (χ0n) is 15.3. The molecule has 0 radical (unpaired) electrons. The van der Waals surface area contributed by atoms with E-state index in [1.54, 1.807) is 7.11 Å². The number of rotatable bonds is 8. The molecular formula is C20H27N3O3. The minimum Gasteiger partial charge on any atom is -0.496 e. The topological polar surface area (TPSA) is 58.1 Å². The van der Waals surface area contributed by atoms with E-state index in [0.717, 1.165) is 43.3 Å². The number of anilines is 1. The Kier molecular flexibility index (Phi) is 6.82. The quantitative estimate of drug-likeness (QED) is 0.777. The molecule has 1 aliphatic rings. The van der Waals surface area contributed by atoms with Gasteiger partial charge in [0.1, 0.15) is 11.6 Å². The fourth-order valence-corrected chi connectivity index (χ4v) is 3.18. The lowest BCUT2D eigenvalue weighted by Gasteiger charge is -2.36. The second-order valence-electron chi connectivity index (χ2n) is 6.46. The van der Waals surface area contributed by atoms with E-state index in [1.807, 2.05) is 48.7 Å². The van der Waals surface area contributed by atoms with Crippen LogP contribution >= 0.6 is 0 Å². The molecule has 1 aliphatic heterocycles. The second-order valence-corrected chi connectivity index (χ2v) is 6.46. The van der Waals surface area contributed by atoms with Crippen molar-refractivity contribution in [3.05, 3.63) is 54.2 Å². The molecule has 2 heterocycles. The van der Waals surface area contributed by atoms with Gasteiger partial charge in [-0.1, -0.05) is 24.3 Å². The largest absolute Gasteiger partial charge is 0.496 e. The van der Waals surface area contributed by atoms with Crippen LogP contribution in [0.3, 0.4) is 0 Å². The third kappa shape index (κ3) is 5.17. The highest BCUT2D eigenvalue weighted by atomic mass is 16.5. The third-order valence-corrected chi connectivity index (χ3v) is 4.57. The lowest BCUT2D eigenvalue weighted by Crippen LogP contribution is -2.49. The van der Waals surface area contributed by atoms with E-state index in [0.29, 0.717) is 19.8 Å². The van der Waals surface area contributed by atoms with Crippen molar-refractivity contribution < 1.29 is 14.6 Å². The van der Waals surface area contributed by atoms with Gasteiger partial charge in [-0.15, -0.1) is 0 Å². The van der Waals surface area contributed by atoms with E-state index in [9.17, 15) is 5.11 Å². The smallest absolute Gasteiger partial charge is 0.128 e. The molecule has 1 saturated heterocycles. The zero-order valence-corrected chi connectivity index (χ0v) is 15.3. The van der Waals surface area contributed by atoms with E-state index >= 15 is 0 Å². The third-order valence-electron chi connectivity index (χ3n) is 4.57. The van der Waals surface area contributed by atoms with Gasteiger partial charge in [0.2, 0.25) is 0 Å². The Morgan fingerprint density at radius 2 is 1.85 bits per heavy atom. The van der Waals surface area contributed by atoms with Crippen molar-refractivity contribution in [2.45, 2.75) is 12.7 Å². The second kappa shape index (κ2) is 9.52. The van der Waals surface area contributed by atoms with Gasteiger partial charge in [0.15, 0.2) is 0 Å². The van der Waals surface area contributed by atoms with E-state index in [2.05, 4.69) is 14.8 Å². The first-order valence-electron chi connectivity index (χ1n) is 9.02. The summed E-state index contributed by atoms with van der Waals surface area (Å²) in [5.41, 5.74) is 0.992. The summed E-state index contributed by atoms with van der Waals surface area (Å²) in [6.45, 7) is 5.06. The van der Waals surface area contributed by atoms with Crippen LogP contribution in [0.25, 0.3) is 0 Å². The molecule has 0 saturated carbocycles. The van der Waals surface area contributed by atoms with E-state index in [1.165, 1.54) is 0 Å². The molecule has 0 spiro atoms. The number of aliphatic hydroxyl groups is 1. The van der Waals surface area contributed by atoms with Crippen LogP contribution in [0.2, 0.25) is 0 Å². The fraction of sp³-hybridized carbons (Fsp3) is 0.450. The summed E-state index contributed by atoms with van der Waals surface area (Å²) in [4.78, 5) is 8.95. The van der Waals surface area contributed by atoms with Crippen LogP contribution < -0.4 is 9.64 Å². The van der Waals surface area contributed by atoms with Crippen LogP contribution in [0.1, 0.15) is 5.56 Å². The van der Waals surface area contributed by atoms with Crippen molar-refractivity contribution in [1.29, 1.82) is 0 Å². The molecule has 0 aliphatic carbocycles. The number of para-hydroxylation sites is 1. The molecule has 2 aromatic rings. The highest BCUT2D eigenvalue weighted by Gasteiger charge is 2.20. The van der Waals surface area contributed by atoms with Crippen molar-refractivity contribution in [2.75, 3.05) is 51.3 Å². The van der Waals surface area contributed by atoms with Gasteiger partial charge < -0.3 is 19.5 Å². The van der Waals surface area contributed by atoms with Crippen molar-refractivity contribution in [3.8, 4) is 5.75 Å². The number of benzene rings is 1. The van der Waals surface area contributed by atoms with Crippen molar-refractivity contribution in [3.63, 3.8) is 0 Å². The average Bonchev–Trinajstić information content (AvgIpc) is 2.69. The maximum Gasteiger partial charge on any atom is 0.128 e. The maximum absolute atomic E-state index is 10.3. The molecule has 140 valence electrons. The van der Waals surface area contributed by atoms with E-state index in [-0.39, 0.29) is 0 Å². The first-order chi connectivity index (χ1) is 12.8. The van der Waals surface area contributed by atoms with Gasteiger partial charge in [-0.3, -0.25) is 4.90 Å². The molecule has 6 heteroatoms. The highest BCUT2D eigenvalue weighted by molar-refractivity contribution is 5.38. The Hall–Kier alpha value is -2.15. The molecule has 6 nitrogen and oxygen atoms in total. The Labute approximate surface area is 155 Å². The Bertz CT molecular complexity index is 660. The van der Waals surface area contributed by atoms with Gasteiger partial charge in [0.25, 0.3) is 0 Å². The van der Waals surface area contributed by atoms with Crippen LogP contribution in [-0.2, 0) is 11.3 Å². The summed E-state index contributed by atoms with van der Waals surface area (Å²) >= 11 is 0. The molecule has 0 amide bonds. The SMILES string of the molecule is COc1ccccc1COCC(O)CN1CCN(c2ccccn2)CC1. The van der Waals surface area contributed by atoms with Crippen LogP contribution in [0.4, 0.5) is 5.82 Å². The molecule has 3 rings (SSSR count). The molecule has 1 fully saturated rings. The molecule has 1 atom stereocenters. The van der Waals surface area contributed by atoms with Crippen LogP contribution in [-0.4, -0.2) is 67.5 Å². The maximum atomic E-state index is 10.3. The summed E-state index contributed by atoms with van der Waals surface area (Å²) in [5, 5.41) is 10.3. The number of piperazine rings is 1. The number of methoxy groups -OCH3 is 1. The molecule has 1 unspecified atom stereocenters. The summed E-state index contributed by atoms with van der Waals surface area (Å²) in [6.07, 6.45) is 1.33. The summed E-state index contributed by atoms with van der Waals surface area (Å²) < 4.78 is 11.0. The van der Waals surface area contributed by atoms with Gasteiger partial charge in [-0.05, 0) is 18.2 Å². The van der Waals surface area contributed by atoms with E-state index < -0.39 is 6.10 Å². The Balaban J connectivity index is 1.37. The molecule has 26 heavy (non-hydrogen) atoms. The van der Waals surface area contributed by atoms with Crippen LogP contribution in [0.5, 0.6) is 5.75 Å².